The minimum absolute atomic E-state index is 0.0384. The summed E-state index contributed by atoms with van der Waals surface area (Å²) < 4.78 is 19.1. The van der Waals surface area contributed by atoms with Crippen LogP contribution in [-0.2, 0) is 0 Å². The molecule has 0 radical (unpaired) electrons. The molecule has 2 rings (SSSR count). The van der Waals surface area contributed by atoms with Gasteiger partial charge in [-0.3, -0.25) is 0 Å². The fourth-order valence-electron chi connectivity index (χ4n) is 2.96. The second kappa shape index (κ2) is 6.38. The lowest BCUT2D eigenvalue weighted by molar-refractivity contribution is 0.261. The summed E-state index contributed by atoms with van der Waals surface area (Å²) in [4.78, 5) is 0. The number of rotatable bonds is 4. The largest absolute Gasteiger partial charge is 0.497 e. The molecule has 0 amide bonds. The van der Waals surface area contributed by atoms with Crippen molar-refractivity contribution >= 4 is 0 Å². The number of hydrogen-bond acceptors (Lipinski definition) is 2. The summed E-state index contributed by atoms with van der Waals surface area (Å²) in [5.41, 5.74) is 0.721. The fourth-order valence-corrected chi connectivity index (χ4v) is 2.96. The Morgan fingerprint density at radius 1 is 1.32 bits per heavy atom. The maximum absolute atomic E-state index is 14.0. The van der Waals surface area contributed by atoms with Gasteiger partial charge in [-0.15, -0.1) is 0 Å². The second-order valence-corrected chi connectivity index (χ2v) is 5.64. The first-order valence-corrected chi connectivity index (χ1v) is 7.21. The summed E-state index contributed by atoms with van der Waals surface area (Å²) in [7, 11) is 1.56. The van der Waals surface area contributed by atoms with Gasteiger partial charge in [-0.2, -0.15) is 0 Å². The van der Waals surface area contributed by atoms with Gasteiger partial charge in [0.25, 0.3) is 0 Å². The molecule has 0 spiro atoms. The van der Waals surface area contributed by atoms with E-state index >= 15 is 0 Å². The third kappa shape index (κ3) is 3.47. The van der Waals surface area contributed by atoms with Gasteiger partial charge in [0, 0.05) is 23.7 Å². The predicted molar refractivity (Wildman–Crippen MR) is 75.9 cm³/mol. The third-order valence-electron chi connectivity index (χ3n) is 4.25. The van der Waals surface area contributed by atoms with E-state index < -0.39 is 0 Å². The first-order chi connectivity index (χ1) is 9.11. The van der Waals surface area contributed by atoms with Crippen molar-refractivity contribution in [3.63, 3.8) is 0 Å². The minimum atomic E-state index is -0.192. The number of nitrogens with one attached hydrogen (secondary N) is 1. The van der Waals surface area contributed by atoms with Gasteiger partial charge in [0.1, 0.15) is 11.6 Å². The van der Waals surface area contributed by atoms with Gasteiger partial charge in [-0.25, -0.2) is 4.39 Å². The van der Waals surface area contributed by atoms with E-state index in [2.05, 4.69) is 12.2 Å². The smallest absolute Gasteiger partial charge is 0.131 e. The summed E-state index contributed by atoms with van der Waals surface area (Å²) in [5, 5.41) is 3.58. The van der Waals surface area contributed by atoms with Crippen molar-refractivity contribution in [3.05, 3.63) is 29.6 Å². The molecule has 1 saturated carbocycles. The van der Waals surface area contributed by atoms with Crippen molar-refractivity contribution in [1.82, 2.24) is 5.32 Å². The van der Waals surface area contributed by atoms with Gasteiger partial charge in [-0.1, -0.05) is 25.8 Å². The first kappa shape index (κ1) is 14.3. The summed E-state index contributed by atoms with van der Waals surface area (Å²) in [6, 6.07) is 5.64. The van der Waals surface area contributed by atoms with Crippen LogP contribution in [0.1, 0.15) is 51.1 Å². The number of ether oxygens (including phenoxy) is 1. The zero-order valence-electron chi connectivity index (χ0n) is 12.1. The quantitative estimate of drug-likeness (QED) is 0.886. The van der Waals surface area contributed by atoms with Crippen LogP contribution in [0.5, 0.6) is 5.75 Å². The van der Waals surface area contributed by atoms with Gasteiger partial charge in [-0.05, 0) is 31.7 Å². The Bertz CT molecular complexity index is 421. The van der Waals surface area contributed by atoms with Gasteiger partial charge < -0.3 is 10.1 Å². The van der Waals surface area contributed by atoms with Crippen LogP contribution in [0, 0.1) is 11.7 Å². The van der Waals surface area contributed by atoms with E-state index in [0.717, 1.165) is 5.56 Å². The Labute approximate surface area is 115 Å². The molecule has 1 aromatic carbocycles. The molecule has 1 aliphatic rings. The molecule has 1 aliphatic carbocycles. The third-order valence-corrected chi connectivity index (χ3v) is 4.25. The van der Waals surface area contributed by atoms with Gasteiger partial charge in [0.2, 0.25) is 0 Å². The zero-order chi connectivity index (χ0) is 13.8. The number of benzene rings is 1. The topological polar surface area (TPSA) is 21.3 Å². The average Bonchev–Trinajstić information content (AvgIpc) is 2.41. The van der Waals surface area contributed by atoms with Crippen LogP contribution in [0.4, 0.5) is 4.39 Å². The Balaban J connectivity index is 2.04. The van der Waals surface area contributed by atoms with E-state index in [1.54, 1.807) is 7.11 Å². The molecule has 0 aromatic heterocycles. The molecule has 0 heterocycles. The molecule has 1 aromatic rings. The molecular formula is C16H24FNO. The molecule has 1 fully saturated rings. The van der Waals surface area contributed by atoms with Crippen LogP contribution in [0.2, 0.25) is 0 Å². The molecular weight excluding hydrogens is 241 g/mol. The van der Waals surface area contributed by atoms with Crippen LogP contribution >= 0.6 is 0 Å². The van der Waals surface area contributed by atoms with Crippen LogP contribution < -0.4 is 10.1 Å². The summed E-state index contributed by atoms with van der Waals surface area (Å²) >= 11 is 0. The minimum Gasteiger partial charge on any atom is -0.497 e. The van der Waals surface area contributed by atoms with E-state index in [4.69, 9.17) is 4.74 Å². The normalized spacial score (nSPS) is 25.1. The molecule has 0 saturated heterocycles. The summed E-state index contributed by atoms with van der Waals surface area (Å²) in [6.07, 6.45) is 5.07. The Morgan fingerprint density at radius 2 is 2.05 bits per heavy atom. The highest BCUT2D eigenvalue weighted by Crippen LogP contribution is 2.27. The molecule has 19 heavy (non-hydrogen) atoms. The Hall–Kier alpha value is -1.09. The summed E-state index contributed by atoms with van der Waals surface area (Å²) in [5.74, 6) is 1.06. The monoisotopic (exact) mass is 265 g/mol. The maximum Gasteiger partial charge on any atom is 0.131 e. The van der Waals surface area contributed by atoms with E-state index in [1.165, 1.54) is 31.7 Å². The fraction of sp³-hybridized carbons (Fsp3) is 0.625. The zero-order valence-corrected chi connectivity index (χ0v) is 12.1. The van der Waals surface area contributed by atoms with Crippen molar-refractivity contribution in [2.45, 2.75) is 51.6 Å². The second-order valence-electron chi connectivity index (χ2n) is 5.64. The van der Waals surface area contributed by atoms with Crippen molar-refractivity contribution in [2.24, 2.45) is 5.92 Å². The van der Waals surface area contributed by atoms with E-state index in [-0.39, 0.29) is 11.9 Å². The van der Waals surface area contributed by atoms with E-state index in [9.17, 15) is 4.39 Å². The van der Waals surface area contributed by atoms with Crippen LogP contribution in [0.25, 0.3) is 0 Å². The van der Waals surface area contributed by atoms with Gasteiger partial charge in [0.15, 0.2) is 0 Å². The Morgan fingerprint density at radius 3 is 2.68 bits per heavy atom. The molecule has 3 unspecified atom stereocenters. The Kier molecular flexibility index (Phi) is 4.81. The first-order valence-electron chi connectivity index (χ1n) is 7.21. The molecule has 0 bridgehead atoms. The highest BCUT2D eigenvalue weighted by Gasteiger charge is 2.23. The van der Waals surface area contributed by atoms with E-state index in [0.29, 0.717) is 17.7 Å². The van der Waals surface area contributed by atoms with Gasteiger partial charge >= 0.3 is 0 Å². The number of methoxy groups -OCH3 is 1. The predicted octanol–water partition coefficient (Wildman–Crippen LogP) is 4.06. The molecule has 2 nitrogen and oxygen atoms in total. The number of hydrogen-bond donors (Lipinski definition) is 1. The van der Waals surface area contributed by atoms with Crippen molar-refractivity contribution in [3.8, 4) is 5.75 Å². The van der Waals surface area contributed by atoms with Crippen molar-refractivity contribution < 1.29 is 9.13 Å². The van der Waals surface area contributed by atoms with Crippen LogP contribution in [0.15, 0.2) is 18.2 Å². The summed E-state index contributed by atoms with van der Waals surface area (Å²) in [6.45, 7) is 4.32. The molecule has 1 N–H and O–H groups in total. The van der Waals surface area contributed by atoms with E-state index in [1.807, 2.05) is 19.1 Å². The lowest BCUT2D eigenvalue weighted by Crippen LogP contribution is -2.38. The molecule has 106 valence electrons. The standard InChI is InChI=1S/C16H24FNO/c1-11-6-4-5-7-16(11)18-12(2)14-9-8-13(19-3)10-15(14)17/h8-12,16,18H,4-7H2,1-3H3. The van der Waals surface area contributed by atoms with Crippen LogP contribution in [0.3, 0.4) is 0 Å². The molecule has 3 atom stereocenters. The average molecular weight is 265 g/mol. The highest BCUT2D eigenvalue weighted by molar-refractivity contribution is 5.30. The SMILES string of the molecule is COc1ccc(C(C)NC2CCCCC2C)c(F)c1. The van der Waals surface area contributed by atoms with Crippen LogP contribution in [-0.4, -0.2) is 13.2 Å². The lowest BCUT2D eigenvalue weighted by Gasteiger charge is -2.32. The molecule has 3 heteroatoms. The molecule has 0 aliphatic heterocycles. The lowest BCUT2D eigenvalue weighted by atomic mass is 9.85. The number of halogens is 1. The van der Waals surface area contributed by atoms with Gasteiger partial charge in [0.05, 0.1) is 7.11 Å². The van der Waals surface area contributed by atoms with Crippen molar-refractivity contribution in [2.75, 3.05) is 7.11 Å². The maximum atomic E-state index is 14.0. The van der Waals surface area contributed by atoms with Crippen molar-refractivity contribution in [1.29, 1.82) is 0 Å². The highest BCUT2D eigenvalue weighted by atomic mass is 19.1.